The highest BCUT2D eigenvalue weighted by molar-refractivity contribution is 4.77. The van der Waals surface area contributed by atoms with E-state index in [-0.39, 0.29) is 0 Å². The summed E-state index contributed by atoms with van der Waals surface area (Å²) in [5, 5.41) is 3.61. The molecule has 0 radical (unpaired) electrons. The van der Waals surface area contributed by atoms with Crippen LogP contribution in [0, 0.1) is 17.8 Å². The van der Waals surface area contributed by atoms with Crippen molar-refractivity contribution in [1.29, 1.82) is 0 Å². The Hall–Kier alpha value is -0.0800. The Balaban J connectivity index is 2.20. The van der Waals surface area contributed by atoms with Crippen LogP contribution in [-0.2, 0) is 4.74 Å². The third-order valence-corrected chi connectivity index (χ3v) is 3.98. The fourth-order valence-corrected chi connectivity index (χ4v) is 2.95. The average molecular weight is 255 g/mol. The standard InChI is InChI=1S/C16H33NO/c1-4-10-17-12-16(15-7-5-6-8-15)9-11-18-13-14(2)3/h14-17H,4-13H2,1-3H3. The number of hydrogen-bond donors (Lipinski definition) is 1. The van der Waals surface area contributed by atoms with Crippen LogP contribution in [0.25, 0.3) is 0 Å². The van der Waals surface area contributed by atoms with Crippen molar-refractivity contribution in [1.82, 2.24) is 5.32 Å². The van der Waals surface area contributed by atoms with Crippen LogP contribution in [-0.4, -0.2) is 26.3 Å². The molecule has 0 aliphatic heterocycles. The van der Waals surface area contributed by atoms with Gasteiger partial charge in [-0.1, -0.05) is 46.5 Å². The second-order valence-electron chi connectivity index (χ2n) is 6.27. The molecule has 2 nitrogen and oxygen atoms in total. The molecule has 0 aromatic heterocycles. The number of ether oxygens (including phenoxy) is 1. The molecule has 0 aromatic carbocycles. The van der Waals surface area contributed by atoms with Gasteiger partial charge in [0.1, 0.15) is 0 Å². The van der Waals surface area contributed by atoms with Crippen LogP contribution in [0.15, 0.2) is 0 Å². The number of nitrogens with one attached hydrogen (secondary N) is 1. The minimum atomic E-state index is 0.660. The second-order valence-corrected chi connectivity index (χ2v) is 6.27. The summed E-state index contributed by atoms with van der Waals surface area (Å²) in [6.45, 7) is 10.9. The molecule has 0 aromatic rings. The fourth-order valence-electron chi connectivity index (χ4n) is 2.95. The van der Waals surface area contributed by atoms with Gasteiger partial charge in [0.15, 0.2) is 0 Å². The Morgan fingerprint density at radius 2 is 1.94 bits per heavy atom. The van der Waals surface area contributed by atoms with Gasteiger partial charge >= 0.3 is 0 Å². The van der Waals surface area contributed by atoms with E-state index in [9.17, 15) is 0 Å². The summed E-state index contributed by atoms with van der Waals surface area (Å²) >= 11 is 0. The van der Waals surface area contributed by atoms with Crippen molar-refractivity contribution in [2.24, 2.45) is 17.8 Å². The summed E-state index contributed by atoms with van der Waals surface area (Å²) in [5.41, 5.74) is 0. The highest BCUT2D eigenvalue weighted by Gasteiger charge is 2.24. The first-order chi connectivity index (χ1) is 8.74. The Kier molecular flexibility index (Phi) is 8.70. The summed E-state index contributed by atoms with van der Waals surface area (Å²) in [5.74, 6) is 2.45. The van der Waals surface area contributed by atoms with Crippen molar-refractivity contribution in [2.45, 2.75) is 59.3 Å². The highest BCUT2D eigenvalue weighted by atomic mass is 16.5. The first-order valence-corrected chi connectivity index (χ1v) is 8.02. The maximum absolute atomic E-state index is 5.76. The molecule has 1 rings (SSSR count). The minimum absolute atomic E-state index is 0.660. The quantitative estimate of drug-likeness (QED) is 0.599. The number of rotatable bonds is 10. The lowest BCUT2D eigenvalue weighted by molar-refractivity contribution is 0.0900. The molecular formula is C16H33NO. The predicted octanol–water partition coefficient (Wildman–Crippen LogP) is 3.86. The molecule has 2 heteroatoms. The highest BCUT2D eigenvalue weighted by Crippen LogP contribution is 2.32. The molecule has 108 valence electrons. The van der Waals surface area contributed by atoms with Gasteiger partial charge < -0.3 is 10.1 Å². The third kappa shape index (κ3) is 6.75. The van der Waals surface area contributed by atoms with E-state index in [1.54, 1.807) is 0 Å². The molecule has 1 unspecified atom stereocenters. The predicted molar refractivity (Wildman–Crippen MR) is 78.9 cm³/mol. The third-order valence-electron chi connectivity index (χ3n) is 3.98. The molecule has 0 bridgehead atoms. The average Bonchev–Trinajstić information content (AvgIpc) is 2.85. The molecule has 0 spiro atoms. The van der Waals surface area contributed by atoms with Gasteiger partial charge in [-0.15, -0.1) is 0 Å². The van der Waals surface area contributed by atoms with Gasteiger partial charge in [0.25, 0.3) is 0 Å². The van der Waals surface area contributed by atoms with E-state index in [2.05, 4.69) is 26.1 Å². The van der Waals surface area contributed by atoms with Gasteiger partial charge in [0.05, 0.1) is 0 Å². The summed E-state index contributed by atoms with van der Waals surface area (Å²) in [7, 11) is 0. The fraction of sp³-hybridized carbons (Fsp3) is 1.00. The van der Waals surface area contributed by atoms with E-state index in [0.29, 0.717) is 5.92 Å². The smallest absolute Gasteiger partial charge is 0.0488 e. The summed E-state index contributed by atoms with van der Waals surface area (Å²) in [4.78, 5) is 0. The van der Waals surface area contributed by atoms with Crippen molar-refractivity contribution in [3.63, 3.8) is 0 Å². The van der Waals surface area contributed by atoms with Gasteiger partial charge in [-0.2, -0.15) is 0 Å². The van der Waals surface area contributed by atoms with E-state index >= 15 is 0 Å². The van der Waals surface area contributed by atoms with Crippen LogP contribution in [0.4, 0.5) is 0 Å². The van der Waals surface area contributed by atoms with Crippen LogP contribution in [0.3, 0.4) is 0 Å². The van der Waals surface area contributed by atoms with E-state index in [1.807, 2.05) is 0 Å². The molecule has 1 fully saturated rings. The topological polar surface area (TPSA) is 21.3 Å². The van der Waals surface area contributed by atoms with Crippen LogP contribution < -0.4 is 5.32 Å². The lowest BCUT2D eigenvalue weighted by atomic mass is 9.88. The van der Waals surface area contributed by atoms with Crippen molar-refractivity contribution in [2.75, 3.05) is 26.3 Å². The van der Waals surface area contributed by atoms with Gasteiger partial charge in [0.2, 0.25) is 0 Å². The summed E-state index contributed by atoms with van der Waals surface area (Å²) < 4.78 is 5.76. The zero-order valence-electron chi connectivity index (χ0n) is 12.7. The number of hydrogen-bond acceptors (Lipinski definition) is 2. The maximum Gasteiger partial charge on any atom is 0.0488 e. The van der Waals surface area contributed by atoms with Gasteiger partial charge in [-0.25, -0.2) is 0 Å². The Bertz CT molecular complexity index is 188. The van der Waals surface area contributed by atoms with Gasteiger partial charge in [0, 0.05) is 13.2 Å². The van der Waals surface area contributed by atoms with E-state index in [4.69, 9.17) is 4.74 Å². The molecule has 1 atom stereocenters. The molecule has 0 amide bonds. The maximum atomic E-state index is 5.76. The zero-order chi connectivity index (χ0) is 13.2. The first-order valence-electron chi connectivity index (χ1n) is 8.02. The lowest BCUT2D eigenvalue weighted by Crippen LogP contribution is -2.29. The SMILES string of the molecule is CCCNCC(CCOCC(C)C)C1CCCC1. The molecule has 1 aliphatic carbocycles. The molecule has 0 saturated heterocycles. The van der Waals surface area contributed by atoms with E-state index in [0.717, 1.165) is 31.6 Å². The van der Waals surface area contributed by atoms with Crippen LogP contribution in [0.1, 0.15) is 59.3 Å². The molecule has 0 heterocycles. The monoisotopic (exact) mass is 255 g/mol. The van der Waals surface area contributed by atoms with Crippen LogP contribution in [0.2, 0.25) is 0 Å². The van der Waals surface area contributed by atoms with Crippen molar-refractivity contribution < 1.29 is 4.74 Å². The molecule has 18 heavy (non-hydrogen) atoms. The largest absolute Gasteiger partial charge is 0.381 e. The Morgan fingerprint density at radius 1 is 1.22 bits per heavy atom. The molecular weight excluding hydrogens is 222 g/mol. The lowest BCUT2D eigenvalue weighted by Gasteiger charge is -2.24. The Labute approximate surface area is 114 Å². The molecule has 1 saturated carbocycles. The van der Waals surface area contributed by atoms with Crippen molar-refractivity contribution in [3.8, 4) is 0 Å². The van der Waals surface area contributed by atoms with Gasteiger partial charge in [-0.3, -0.25) is 0 Å². The van der Waals surface area contributed by atoms with E-state index < -0.39 is 0 Å². The van der Waals surface area contributed by atoms with Crippen LogP contribution >= 0.6 is 0 Å². The molecule has 1 N–H and O–H groups in total. The van der Waals surface area contributed by atoms with Gasteiger partial charge in [-0.05, 0) is 43.7 Å². The summed E-state index contributed by atoms with van der Waals surface area (Å²) in [6.07, 6.45) is 8.27. The normalized spacial score (nSPS) is 18.7. The zero-order valence-corrected chi connectivity index (χ0v) is 12.7. The van der Waals surface area contributed by atoms with Crippen molar-refractivity contribution in [3.05, 3.63) is 0 Å². The molecule has 1 aliphatic rings. The van der Waals surface area contributed by atoms with Crippen molar-refractivity contribution >= 4 is 0 Å². The summed E-state index contributed by atoms with van der Waals surface area (Å²) in [6, 6.07) is 0. The minimum Gasteiger partial charge on any atom is -0.381 e. The Morgan fingerprint density at radius 3 is 2.56 bits per heavy atom. The van der Waals surface area contributed by atoms with Crippen LogP contribution in [0.5, 0.6) is 0 Å². The second kappa shape index (κ2) is 9.80. The van der Waals surface area contributed by atoms with E-state index in [1.165, 1.54) is 45.1 Å². The first kappa shape index (κ1) is 16.0.